The highest BCUT2D eigenvalue weighted by molar-refractivity contribution is 5.94. The van der Waals surface area contributed by atoms with Crippen LogP contribution in [0.15, 0.2) is 52.1 Å². The van der Waals surface area contributed by atoms with Crippen LogP contribution in [-0.2, 0) is 4.74 Å². The van der Waals surface area contributed by atoms with Gasteiger partial charge in [-0.2, -0.15) is 0 Å². The molecule has 27 heavy (non-hydrogen) atoms. The highest BCUT2D eigenvalue weighted by atomic mass is 16.5. The second-order valence-corrected chi connectivity index (χ2v) is 6.49. The maximum atomic E-state index is 12.5. The zero-order valence-electron chi connectivity index (χ0n) is 14.6. The van der Waals surface area contributed by atoms with E-state index in [0.717, 1.165) is 15.7 Å². The SMILES string of the molecule is Cc1ccc(C)c(-n2c(O)c([C@@H]3OC(=O)c4ccccc43)c(=O)[nH]c2=O)c1. The number of benzene rings is 2. The number of aromatic amines is 1. The largest absolute Gasteiger partial charge is 0.494 e. The van der Waals surface area contributed by atoms with Crippen LogP contribution in [0.3, 0.4) is 0 Å². The minimum atomic E-state index is -1.09. The lowest BCUT2D eigenvalue weighted by Gasteiger charge is -2.17. The van der Waals surface area contributed by atoms with E-state index in [1.807, 2.05) is 19.1 Å². The van der Waals surface area contributed by atoms with Gasteiger partial charge in [0.25, 0.3) is 5.56 Å². The van der Waals surface area contributed by atoms with Crippen LogP contribution in [0.2, 0.25) is 0 Å². The first-order valence-corrected chi connectivity index (χ1v) is 8.34. The molecule has 0 bridgehead atoms. The normalized spacial score (nSPS) is 15.5. The van der Waals surface area contributed by atoms with Crippen molar-refractivity contribution in [1.82, 2.24) is 9.55 Å². The van der Waals surface area contributed by atoms with E-state index >= 15 is 0 Å². The Kier molecular flexibility index (Phi) is 3.73. The van der Waals surface area contributed by atoms with Crippen molar-refractivity contribution in [3.05, 3.63) is 91.1 Å². The molecule has 3 aromatic rings. The summed E-state index contributed by atoms with van der Waals surface area (Å²) in [6.45, 7) is 3.64. The van der Waals surface area contributed by atoms with Crippen molar-refractivity contribution in [3.63, 3.8) is 0 Å². The molecule has 0 amide bonds. The summed E-state index contributed by atoms with van der Waals surface area (Å²) in [5, 5.41) is 10.8. The molecule has 1 atom stereocenters. The Labute approximate surface area is 153 Å². The summed E-state index contributed by atoms with van der Waals surface area (Å²) in [5.41, 5.74) is 1.09. The smallest absolute Gasteiger partial charge is 0.339 e. The summed E-state index contributed by atoms with van der Waals surface area (Å²) in [7, 11) is 0. The minimum Gasteiger partial charge on any atom is -0.494 e. The Morgan fingerprint density at radius 2 is 1.81 bits per heavy atom. The molecule has 0 fully saturated rings. The number of carbonyl (C=O) groups excluding carboxylic acids is 1. The van der Waals surface area contributed by atoms with Crippen molar-refractivity contribution in [2.45, 2.75) is 20.0 Å². The zero-order chi connectivity index (χ0) is 19.3. The lowest BCUT2D eigenvalue weighted by Crippen LogP contribution is -2.33. The number of carbonyl (C=O) groups is 1. The van der Waals surface area contributed by atoms with Crippen LogP contribution in [0.1, 0.15) is 38.7 Å². The number of aryl methyl sites for hydroxylation is 2. The van der Waals surface area contributed by atoms with Crippen LogP contribution >= 0.6 is 0 Å². The summed E-state index contributed by atoms with van der Waals surface area (Å²) < 4.78 is 6.35. The molecule has 1 aliphatic heterocycles. The van der Waals surface area contributed by atoms with Gasteiger partial charge in [0, 0.05) is 5.56 Å². The number of ether oxygens (including phenoxy) is 1. The number of cyclic esters (lactones) is 1. The molecular formula is C20H16N2O5. The minimum absolute atomic E-state index is 0.186. The van der Waals surface area contributed by atoms with E-state index in [1.54, 1.807) is 37.3 Å². The van der Waals surface area contributed by atoms with Crippen LogP contribution in [0.4, 0.5) is 0 Å². The Morgan fingerprint density at radius 3 is 2.59 bits per heavy atom. The third-order valence-electron chi connectivity index (χ3n) is 4.68. The Hall–Kier alpha value is -3.61. The Morgan fingerprint density at radius 1 is 1.07 bits per heavy atom. The van der Waals surface area contributed by atoms with Crippen molar-refractivity contribution >= 4 is 5.97 Å². The van der Waals surface area contributed by atoms with Gasteiger partial charge in [-0.15, -0.1) is 0 Å². The molecule has 0 spiro atoms. The second kappa shape index (κ2) is 5.98. The molecule has 2 heterocycles. The van der Waals surface area contributed by atoms with Crippen LogP contribution < -0.4 is 11.2 Å². The number of esters is 1. The fourth-order valence-corrected chi connectivity index (χ4v) is 3.32. The van der Waals surface area contributed by atoms with E-state index in [-0.39, 0.29) is 5.56 Å². The summed E-state index contributed by atoms with van der Waals surface area (Å²) in [6, 6.07) is 12.0. The van der Waals surface area contributed by atoms with Gasteiger partial charge in [0.1, 0.15) is 5.56 Å². The first kappa shape index (κ1) is 16.8. The van der Waals surface area contributed by atoms with Gasteiger partial charge in [0.2, 0.25) is 5.88 Å². The lowest BCUT2D eigenvalue weighted by molar-refractivity contribution is 0.0449. The average Bonchev–Trinajstić information content (AvgIpc) is 2.95. The third kappa shape index (κ3) is 2.55. The highest BCUT2D eigenvalue weighted by Crippen LogP contribution is 2.37. The van der Waals surface area contributed by atoms with Gasteiger partial charge in [-0.25, -0.2) is 14.2 Å². The fourth-order valence-electron chi connectivity index (χ4n) is 3.32. The van der Waals surface area contributed by atoms with Crippen molar-refractivity contribution < 1.29 is 14.6 Å². The number of hydrogen-bond acceptors (Lipinski definition) is 5. The van der Waals surface area contributed by atoms with E-state index in [9.17, 15) is 19.5 Å². The highest BCUT2D eigenvalue weighted by Gasteiger charge is 2.36. The van der Waals surface area contributed by atoms with Crippen molar-refractivity contribution in [2.75, 3.05) is 0 Å². The predicted molar refractivity (Wildman–Crippen MR) is 97.5 cm³/mol. The maximum absolute atomic E-state index is 12.5. The molecule has 0 saturated carbocycles. The van der Waals surface area contributed by atoms with Gasteiger partial charge in [-0.3, -0.25) is 9.78 Å². The average molecular weight is 364 g/mol. The molecular weight excluding hydrogens is 348 g/mol. The number of rotatable bonds is 2. The molecule has 0 saturated heterocycles. The second-order valence-electron chi connectivity index (χ2n) is 6.49. The third-order valence-corrected chi connectivity index (χ3v) is 4.68. The maximum Gasteiger partial charge on any atom is 0.339 e. The van der Waals surface area contributed by atoms with Gasteiger partial charge in [-0.05, 0) is 37.1 Å². The summed E-state index contributed by atoms with van der Waals surface area (Å²) in [4.78, 5) is 39.2. The standard InChI is InChI=1S/C20H16N2O5/c1-10-7-8-11(2)14(9-10)22-18(24)15(17(23)21-20(22)26)16-12-5-3-4-6-13(12)19(25)27-16/h3-9,16,24H,1-2H3,(H,21,23,26)/t16-/m1/s1. The molecule has 0 radical (unpaired) electrons. The molecule has 0 unspecified atom stereocenters. The number of nitrogens with zero attached hydrogens (tertiary/aromatic N) is 1. The number of aromatic hydroxyl groups is 1. The van der Waals surface area contributed by atoms with Gasteiger partial charge in [0.05, 0.1) is 11.3 Å². The van der Waals surface area contributed by atoms with E-state index in [4.69, 9.17) is 4.74 Å². The number of fused-ring (bicyclic) bond motifs is 1. The quantitative estimate of drug-likeness (QED) is 0.678. The van der Waals surface area contributed by atoms with Crippen molar-refractivity contribution in [1.29, 1.82) is 0 Å². The summed E-state index contributed by atoms with van der Waals surface area (Å²) in [6.07, 6.45) is -1.09. The first-order valence-electron chi connectivity index (χ1n) is 8.34. The van der Waals surface area contributed by atoms with E-state index in [1.165, 1.54) is 0 Å². The predicted octanol–water partition coefficient (Wildman–Crippen LogP) is 2.11. The molecule has 136 valence electrons. The molecule has 2 aromatic carbocycles. The Bertz CT molecular complexity index is 1210. The van der Waals surface area contributed by atoms with E-state index in [0.29, 0.717) is 16.8 Å². The number of aromatic nitrogens is 2. The number of nitrogens with one attached hydrogen (secondary N) is 1. The van der Waals surface area contributed by atoms with E-state index in [2.05, 4.69) is 4.98 Å². The van der Waals surface area contributed by atoms with Crippen LogP contribution in [-0.4, -0.2) is 20.6 Å². The molecule has 1 aromatic heterocycles. The van der Waals surface area contributed by atoms with Crippen LogP contribution in [0, 0.1) is 13.8 Å². The molecule has 0 aliphatic carbocycles. The Balaban J connectivity index is 2.00. The summed E-state index contributed by atoms with van der Waals surface area (Å²) >= 11 is 0. The number of hydrogen-bond donors (Lipinski definition) is 2. The molecule has 1 aliphatic rings. The van der Waals surface area contributed by atoms with Gasteiger partial charge in [0.15, 0.2) is 6.10 Å². The monoisotopic (exact) mass is 364 g/mol. The van der Waals surface area contributed by atoms with E-state index < -0.39 is 29.2 Å². The lowest BCUT2D eigenvalue weighted by atomic mass is 10.0. The number of H-pyrrole nitrogens is 1. The zero-order valence-corrected chi connectivity index (χ0v) is 14.6. The van der Waals surface area contributed by atoms with Crippen LogP contribution in [0.25, 0.3) is 5.69 Å². The molecule has 7 heteroatoms. The first-order chi connectivity index (χ1) is 12.9. The van der Waals surface area contributed by atoms with Crippen molar-refractivity contribution in [3.8, 4) is 11.6 Å². The van der Waals surface area contributed by atoms with Gasteiger partial charge in [-0.1, -0.05) is 30.3 Å². The van der Waals surface area contributed by atoms with Gasteiger partial charge < -0.3 is 9.84 Å². The molecule has 2 N–H and O–H groups in total. The topological polar surface area (TPSA) is 101 Å². The van der Waals surface area contributed by atoms with Gasteiger partial charge >= 0.3 is 11.7 Å². The fraction of sp³-hybridized carbons (Fsp3) is 0.150. The summed E-state index contributed by atoms with van der Waals surface area (Å²) in [5.74, 6) is -1.13. The molecule has 4 rings (SSSR count). The van der Waals surface area contributed by atoms with Crippen LogP contribution in [0.5, 0.6) is 5.88 Å². The van der Waals surface area contributed by atoms with Crippen molar-refractivity contribution in [2.24, 2.45) is 0 Å². The molecule has 7 nitrogen and oxygen atoms in total.